The van der Waals surface area contributed by atoms with Gasteiger partial charge in [0.15, 0.2) is 0 Å². The second-order valence-electron chi connectivity index (χ2n) is 4.49. The maximum absolute atomic E-state index is 12.3. The molecule has 20 heavy (non-hydrogen) atoms. The molecule has 0 radical (unpaired) electrons. The van der Waals surface area contributed by atoms with E-state index in [4.69, 9.17) is 17.3 Å². The molecule has 1 aromatic carbocycles. The van der Waals surface area contributed by atoms with E-state index in [1.807, 2.05) is 6.26 Å². The molecule has 0 fully saturated rings. The highest BCUT2D eigenvalue weighted by atomic mass is 35.5. The molecule has 114 valence electrons. The summed E-state index contributed by atoms with van der Waals surface area (Å²) in [6, 6.07) is 2.33. The minimum absolute atomic E-state index is 0.0234. The standard InChI is InChI=1S/C12H19ClN2O3S2/c1-7-10(13)4-9(5-11(7)14)20(17,18)15-8(2)12(6-16)19-3/h4-5,8,12,15-16H,6,14H2,1-3H3. The van der Waals surface area contributed by atoms with Crippen molar-refractivity contribution in [1.82, 2.24) is 4.72 Å². The lowest BCUT2D eigenvalue weighted by Crippen LogP contribution is -2.41. The average molecular weight is 339 g/mol. The number of benzene rings is 1. The molecule has 0 amide bonds. The second-order valence-corrected chi connectivity index (χ2v) is 7.68. The summed E-state index contributed by atoms with van der Waals surface area (Å²) in [6.07, 6.45) is 1.81. The number of aliphatic hydroxyl groups excluding tert-OH is 1. The minimum atomic E-state index is -3.73. The molecular formula is C12H19ClN2O3S2. The van der Waals surface area contributed by atoms with Gasteiger partial charge in [-0.3, -0.25) is 0 Å². The maximum Gasteiger partial charge on any atom is 0.240 e. The number of anilines is 1. The molecule has 0 bridgehead atoms. The highest BCUT2D eigenvalue weighted by molar-refractivity contribution is 7.99. The molecule has 0 saturated heterocycles. The van der Waals surface area contributed by atoms with Gasteiger partial charge in [-0.05, 0) is 37.8 Å². The number of nitrogen functional groups attached to an aromatic ring is 1. The number of halogens is 1. The summed E-state index contributed by atoms with van der Waals surface area (Å²) in [5.41, 5.74) is 6.72. The van der Waals surface area contributed by atoms with E-state index in [9.17, 15) is 13.5 Å². The molecule has 4 N–H and O–H groups in total. The zero-order valence-corrected chi connectivity index (χ0v) is 13.9. The molecule has 1 rings (SSSR count). The Morgan fingerprint density at radius 1 is 1.50 bits per heavy atom. The number of hydrogen-bond acceptors (Lipinski definition) is 5. The van der Waals surface area contributed by atoms with Crippen LogP contribution in [0.4, 0.5) is 5.69 Å². The number of nitrogens with two attached hydrogens (primary N) is 1. The summed E-state index contributed by atoms with van der Waals surface area (Å²) in [4.78, 5) is 0.0234. The van der Waals surface area contributed by atoms with Crippen LogP contribution in [0.5, 0.6) is 0 Å². The lowest BCUT2D eigenvalue weighted by molar-refractivity contribution is 0.282. The Hall–Kier alpha value is -0.470. The predicted molar refractivity (Wildman–Crippen MR) is 84.8 cm³/mol. The van der Waals surface area contributed by atoms with Crippen molar-refractivity contribution in [3.8, 4) is 0 Å². The van der Waals surface area contributed by atoms with Gasteiger partial charge >= 0.3 is 0 Å². The van der Waals surface area contributed by atoms with Gasteiger partial charge in [-0.1, -0.05) is 11.6 Å². The van der Waals surface area contributed by atoms with Crippen LogP contribution in [-0.4, -0.2) is 37.7 Å². The average Bonchev–Trinajstić information content (AvgIpc) is 2.36. The van der Waals surface area contributed by atoms with Gasteiger partial charge in [0.05, 0.1) is 11.5 Å². The monoisotopic (exact) mass is 338 g/mol. The Balaban J connectivity index is 3.06. The van der Waals surface area contributed by atoms with Crippen LogP contribution in [-0.2, 0) is 10.0 Å². The molecule has 0 aliphatic rings. The van der Waals surface area contributed by atoms with Crippen LogP contribution >= 0.6 is 23.4 Å². The summed E-state index contributed by atoms with van der Waals surface area (Å²) >= 11 is 7.36. The maximum atomic E-state index is 12.3. The van der Waals surface area contributed by atoms with Crippen molar-refractivity contribution in [2.45, 2.75) is 30.0 Å². The number of sulfonamides is 1. The number of hydrogen-bond donors (Lipinski definition) is 3. The van der Waals surface area contributed by atoms with Crippen molar-refractivity contribution in [2.24, 2.45) is 0 Å². The van der Waals surface area contributed by atoms with Crippen molar-refractivity contribution in [2.75, 3.05) is 18.6 Å². The van der Waals surface area contributed by atoms with Crippen LogP contribution < -0.4 is 10.5 Å². The SMILES string of the molecule is CSC(CO)C(C)NS(=O)(=O)c1cc(N)c(C)c(Cl)c1. The molecule has 0 aliphatic heterocycles. The largest absolute Gasteiger partial charge is 0.398 e. The zero-order chi connectivity index (χ0) is 15.5. The fourth-order valence-electron chi connectivity index (χ4n) is 1.65. The van der Waals surface area contributed by atoms with E-state index in [1.54, 1.807) is 13.8 Å². The molecule has 0 aromatic heterocycles. The quantitative estimate of drug-likeness (QED) is 0.685. The predicted octanol–water partition coefficient (Wildman–Crippen LogP) is 1.62. The number of aliphatic hydroxyl groups is 1. The second kappa shape index (κ2) is 7.00. The molecule has 0 aliphatic carbocycles. The van der Waals surface area contributed by atoms with Gasteiger partial charge in [-0.15, -0.1) is 0 Å². The highest BCUT2D eigenvalue weighted by Gasteiger charge is 2.23. The Morgan fingerprint density at radius 3 is 2.55 bits per heavy atom. The molecule has 0 heterocycles. The van der Waals surface area contributed by atoms with Crippen LogP contribution in [0.15, 0.2) is 17.0 Å². The number of nitrogens with one attached hydrogen (secondary N) is 1. The topological polar surface area (TPSA) is 92.4 Å². The molecule has 1 aromatic rings. The third kappa shape index (κ3) is 4.02. The van der Waals surface area contributed by atoms with E-state index in [0.717, 1.165) is 0 Å². The summed E-state index contributed by atoms with van der Waals surface area (Å²) < 4.78 is 27.1. The van der Waals surface area contributed by atoms with Crippen LogP contribution in [0.1, 0.15) is 12.5 Å². The van der Waals surface area contributed by atoms with Gasteiger partial charge in [0.25, 0.3) is 0 Å². The van der Waals surface area contributed by atoms with E-state index >= 15 is 0 Å². The van der Waals surface area contributed by atoms with Crippen LogP contribution in [0.3, 0.4) is 0 Å². The van der Waals surface area contributed by atoms with E-state index in [-0.39, 0.29) is 16.8 Å². The zero-order valence-electron chi connectivity index (χ0n) is 11.6. The molecule has 0 spiro atoms. The fraction of sp³-hybridized carbons (Fsp3) is 0.500. The van der Waals surface area contributed by atoms with Crippen LogP contribution in [0.25, 0.3) is 0 Å². The minimum Gasteiger partial charge on any atom is -0.398 e. The van der Waals surface area contributed by atoms with Crippen LogP contribution in [0, 0.1) is 6.92 Å². The molecular weight excluding hydrogens is 320 g/mol. The molecule has 8 heteroatoms. The Labute approximate surface area is 128 Å². The van der Waals surface area contributed by atoms with Gasteiger partial charge in [-0.2, -0.15) is 11.8 Å². The molecule has 0 saturated carbocycles. The van der Waals surface area contributed by atoms with Crippen LogP contribution in [0.2, 0.25) is 5.02 Å². The van der Waals surface area contributed by atoms with E-state index in [2.05, 4.69) is 4.72 Å². The van der Waals surface area contributed by atoms with Crippen molar-refractivity contribution < 1.29 is 13.5 Å². The van der Waals surface area contributed by atoms with E-state index in [1.165, 1.54) is 23.9 Å². The van der Waals surface area contributed by atoms with Gasteiger partial charge in [0, 0.05) is 22.0 Å². The first-order chi connectivity index (χ1) is 9.22. The third-order valence-corrected chi connectivity index (χ3v) is 6.14. The van der Waals surface area contributed by atoms with Gasteiger partial charge in [0.2, 0.25) is 10.0 Å². The molecule has 2 atom stereocenters. The van der Waals surface area contributed by atoms with Crippen molar-refractivity contribution in [3.63, 3.8) is 0 Å². The molecule has 2 unspecified atom stereocenters. The van der Waals surface area contributed by atoms with Gasteiger partial charge in [-0.25, -0.2) is 13.1 Å². The Morgan fingerprint density at radius 2 is 2.10 bits per heavy atom. The summed E-state index contributed by atoms with van der Waals surface area (Å²) in [5.74, 6) is 0. The first-order valence-corrected chi connectivity index (χ1v) is 9.09. The van der Waals surface area contributed by atoms with Crippen molar-refractivity contribution in [3.05, 3.63) is 22.7 Å². The van der Waals surface area contributed by atoms with Crippen molar-refractivity contribution >= 4 is 39.1 Å². The van der Waals surface area contributed by atoms with Gasteiger partial charge < -0.3 is 10.8 Å². The lowest BCUT2D eigenvalue weighted by atomic mass is 10.2. The smallest absolute Gasteiger partial charge is 0.240 e. The van der Waals surface area contributed by atoms with Gasteiger partial charge in [0.1, 0.15) is 0 Å². The van der Waals surface area contributed by atoms with Crippen molar-refractivity contribution in [1.29, 1.82) is 0 Å². The number of thioether (sulfide) groups is 1. The Bertz CT molecular complexity index is 551. The normalized spacial score (nSPS) is 15.1. The van der Waals surface area contributed by atoms with E-state index in [0.29, 0.717) is 16.3 Å². The number of rotatable bonds is 6. The summed E-state index contributed by atoms with van der Waals surface area (Å²) in [7, 11) is -3.73. The third-order valence-electron chi connectivity index (χ3n) is 3.05. The van der Waals surface area contributed by atoms with E-state index < -0.39 is 16.1 Å². The Kier molecular flexibility index (Phi) is 6.15. The first-order valence-electron chi connectivity index (χ1n) is 5.94. The fourth-order valence-corrected chi connectivity index (χ4v) is 4.00. The summed E-state index contributed by atoms with van der Waals surface area (Å²) in [6.45, 7) is 3.31. The summed E-state index contributed by atoms with van der Waals surface area (Å²) in [5, 5.41) is 9.28. The first kappa shape index (κ1) is 17.6. The molecule has 5 nitrogen and oxygen atoms in total. The lowest BCUT2D eigenvalue weighted by Gasteiger charge is -2.21. The highest BCUT2D eigenvalue weighted by Crippen LogP contribution is 2.26.